The first-order valence-electron chi connectivity index (χ1n) is 9.30. The molecule has 0 unspecified atom stereocenters. The Morgan fingerprint density at radius 2 is 1.63 bits per heavy atom. The van der Waals surface area contributed by atoms with Crippen LogP contribution in [0.4, 0.5) is 5.88 Å². The molecule has 4 rings (SSSR count). The fraction of sp³-hybridized carbons (Fsp3) is 0.0870. The highest BCUT2D eigenvalue weighted by Crippen LogP contribution is 2.35. The van der Waals surface area contributed by atoms with Crippen molar-refractivity contribution in [3.05, 3.63) is 101 Å². The first kappa shape index (κ1) is 20.2. The van der Waals surface area contributed by atoms with E-state index in [0.717, 1.165) is 11.1 Å². The lowest BCUT2D eigenvalue weighted by Gasteiger charge is -2.08. The Balaban J connectivity index is 1.77. The fourth-order valence-corrected chi connectivity index (χ4v) is 4.40. The summed E-state index contributed by atoms with van der Waals surface area (Å²) in [5, 5.41) is 0.467. The smallest absolute Gasteiger partial charge is 0.264 e. The monoisotopic (exact) mass is 438 g/mol. The van der Waals surface area contributed by atoms with Crippen LogP contribution in [0, 0.1) is 6.92 Å². The van der Waals surface area contributed by atoms with Gasteiger partial charge in [0.2, 0.25) is 11.8 Å². The van der Waals surface area contributed by atoms with Crippen LogP contribution in [0.1, 0.15) is 17.0 Å². The van der Waals surface area contributed by atoms with Crippen LogP contribution < -0.4 is 4.72 Å². The number of oxazole rings is 1. The second-order valence-electron chi connectivity index (χ2n) is 6.85. The zero-order valence-electron chi connectivity index (χ0n) is 16.2. The number of benzene rings is 3. The standard InChI is InChI=1S/C23H19ClN2O3S/c1-16-12-13-19(20(24)14-16)22-23(26-30(27,28)18-10-6-3-7-11-18)29-21(25-22)15-17-8-4-2-5-9-17/h2-14,26H,15H2,1H3. The number of rotatable bonds is 6. The van der Waals surface area contributed by atoms with Gasteiger partial charge in [-0.3, -0.25) is 0 Å². The average molecular weight is 439 g/mol. The largest absolute Gasteiger partial charge is 0.423 e. The van der Waals surface area contributed by atoms with E-state index in [1.807, 2.05) is 49.4 Å². The zero-order valence-corrected chi connectivity index (χ0v) is 17.7. The molecule has 1 aromatic heterocycles. The van der Waals surface area contributed by atoms with Crippen molar-refractivity contribution in [1.82, 2.24) is 4.98 Å². The van der Waals surface area contributed by atoms with Gasteiger partial charge >= 0.3 is 0 Å². The first-order chi connectivity index (χ1) is 14.4. The van der Waals surface area contributed by atoms with Gasteiger partial charge < -0.3 is 4.42 Å². The summed E-state index contributed by atoms with van der Waals surface area (Å²) in [4.78, 5) is 4.70. The van der Waals surface area contributed by atoms with Crippen molar-refractivity contribution in [2.45, 2.75) is 18.2 Å². The molecule has 1 N–H and O–H groups in total. The van der Waals surface area contributed by atoms with E-state index in [2.05, 4.69) is 9.71 Å². The normalized spacial score (nSPS) is 11.4. The minimum Gasteiger partial charge on any atom is -0.423 e. The zero-order chi connectivity index (χ0) is 21.1. The van der Waals surface area contributed by atoms with Gasteiger partial charge in [-0.1, -0.05) is 72.3 Å². The molecule has 5 nitrogen and oxygen atoms in total. The predicted octanol–water partition coefficient (Wildman–Crippen LogP) is 5.70. The van der Waals surface area contributed by atoms with Crippen molar-refractivity contribution in [3.63, 3.8) is 0 Å². The van der Waals surface area contributed by atoms with E-state index in [1.165, 1.54) is 12.1 Å². The molecule has 0 bridgehead atoms. The predicted molar refractivity (Wildman–Crippen MR) is 118 cm³/mol. The van der Waals surface area contributed by atoms with Crippen molar-refractivity contribution in [2.75, 3.05) is 4.72 Å². The van der Waals surface area contributed by atoms with E-state index in [9.17, 15) is 8.42 Å². The number of hydrogen-bond acceptors (Lipinski definition) is 4. The summed E-state index contributed by atoms with van der Waals surface area (Å²) in [7, 11) is -3.85. The number of hydrogen-bond donors (Lipinski definition) is 1. The Hall–Kier alpha value is -3.09. The highest BCUT2D eigenvalue weighted by Gasteiger charge is 2.23. The molecule has 7 heteroatoms. The van der Waals surface area contributed by atoms with Crippen molar-refractivity contribution in [1.29, 1.82) is 0 Å². The van der Waals surface area contributed by atoms with Crippen molar-refractivity contribution >= 4 is 27.5 Å². The van der Waals surface area contributed by atoms with Crippen molar-refractivity contribution in [3.8, 4) is 11.3 Å². The van der Waals surface area contributed by atoms with Crippen molar-refractivity contribution < 1.29 is 12.8 Å². The fourth-order valence-electron chi connectivity index (χ4n) is 3.06. The highest BCUT2D eigenvalue weighted by molar-refractivity contribution is 7.92. The second kappa shape index (κ2) is 8.34. The molecule has 0 aliphatic heterocycles. The molecular formula is C23H19ClN2O3S. The quantitative estimate of drug-likeness (QED) is 0.419. The van der Waals surface area contributed by atoms with Crippen LogP contribution in [-0.4, -0.2) is 13.4 Å². The van der Waals surface area contributed by atoms with E-state index in [4.69, 9.17) is 16.0 Å². The number of anilines is 1. The SMILES string of the molecule is Cc1ccc(-c2nc(Cc3ccccc3)oc2NS(=O)(=O)c2ccccc2)c(Cl)c1. The van der Waals surface area contributed by atoms with E-state index in [1.54, 1.807) is 24.3 Å². The van der Waals surface area contributed by atoms with E-state index in [-0.39, 0.29) is 10.8 Å². The molecular weight excluding hydrogens is 420 g/mol. The number of sulfonamides is 1. The average Bonchev–Trinajstić information content (AvgIpc) is 3.10. The van der Waals surface area contributed by atoms with Crippen molar-refractivity contribution in [2.24, 2.45) is 0 Å². The van der Waals surface area contributed by atoms with Gasteiger partial charge in [0.1, 0.15) is 5.69 Å². The molecule has 0 aliphatic rings. The molecule has 0 amide bonds. The van der Waals surface area contributed by atoms with E-state index < -0.39 is 10.0 Å². The van der Waals surface area contributed by atoms with Crippen LogP contribution in [0.5, 0.6) is 0 Å². The summed E-state index contributed by atoms with van der Waals surface area (Å²) in [6, 6.07) is 23.3. The maximum atomic E-state index is 12.9. The molecule has 30 heavy (non-hydrogen) atoms. The summed E-state index contributed by atoms with van der Waals surface area (Å²) in [5.41, 5.74) is 2.93. The van der Waals surface area contributed by atoms with Gasteiger partial charge in [0.05, 0.1) is 9.92 Å². The molecule has 0 saturated carbocycles. The third-order valence-corrected chi connectivity index (χ3v) is 6.19. The van der Waals surface area contributed by atoms with Crippen LogP contribution in [0.25, 0.3) is 11.3 Å². The first-order valence-corrected chi connectivity index (χ1v) is 11.2. The summed E-state index contributed by atoms with van der Waals surface area (Å²) in [6.45, 7) is 1.93. The van der Waals surface area contributed by atoms with Crippen LogP contribution in [0.2, 0.25) is 5.02 Å². The molecule has 0 fully saturated rings. The molecule has 0 saturated heterocycles. The van der Waals surface area contributed by atoms with Gasteiger partial charge in [0, 0.05) is 12.0 Å². The van der Waals surface area contributed by atoms with E-state index >= 15 is 0 Å². The highest BCUT2D eigenvalue weighted by atomic mass is 35.5. The summed E-state index contributed by atoms with van der Waals surface area (Å²) < 4.78 is 34.1. The number of halogens is 1. The minimum absolute atomic E-state index is 0.0375. The molecule has 0 atom stereocenters. The Morgan fingerprint density at radius 1 is 0.967 bits per heavy atom. The number of nitrogens with zero attached hydrogens (tertiary/aromatic N) is 1. The van der Waals surface area contributed by atoms with Gasteiger partial charge in [-0.05, 0) is 36.2 Å². The Kier molecular flexibility index (Phi) is 5.61. The molecule has 0 spiro atoms. The Bertz CT molecular complexity index is 1270. The third-order valence-electron chi connectivity index (χ3n) is 4.53. The second-order valence-corrected chi connectivity index (χ2v) is 8.94. The number of aromatic nitrogens is 1. The molecule has 0 aliphatic carbocycles. The van der Waals surface area contributed by atoms with Gasteiger partial charge in [-0.25, -0.2) is 18.1 Å². The lowest BCUT2D eigenvalue weighted by Crippen LogP contribution is -2.13. The summed E-state index contributed by atoms with van der Waals surface area (Å²) >= 11 is 6.43. The summed E-state index contributed by atoms with van der Waals surface area (Å²) in [6.07, 6.45) is 0.421. The minimum atomic E-state index is -3.85. The molecule has 0 radical (unpaired) electrons. The van der Waals surface area contributed by atoms with Crippen LogP contribution in [0.15, 0.2) is 88.2 Å². The van der Waals surface area contributed by atoms with Gasteiger partial charge in [-0.15, -0.1) is 0 Å². The lowest BCUT2D eigenvalue weighted by atomic mass is 10.1. The summed E-state index contributed by atoms with van der Waals surface area (Å²) in [5.74, 6) is 0.425. The molecule has 3 aromatic carbocycles. The number of aryl methyl sites for hydroxylation is 1. The van der Waals surface area contributed by atoms with E-state index in [0.29, 0.717) is 28.6 Å². The number of nitrogens with one attached hydrogen (secondary N) is 1. The lowest BCUT2D eigenvalue weighted by molar-refractivity contribution is 0.521. The molecule has 1 heterocycles. The topological polar surface area (TPSA) is 72.2 Å². The Morgan fingerprint density at radius 3 is 2.30 bits per heavy atom. The van der Waals surface area contributed by atoms with Gasteiger partial charge in [0.15, 0.2) is 0 Å². The van der Waals surface area contributed by atoms with Crippen LogP contribution in [0.3, 0.4) is 0 Å². The molecule has 152 valence electrons. The Labute approximate surface area is 180 Å². The van der Waals surface area contributed by atoms with Gasteiger partial charge in [-0.2, -0.15) is 0 Å². The van der Waals surface area contributed by atoms with Crippen LogP contribution >= 0.6 is 11.6 Å². The maximum Gasteiger partial charge on any atom is 0.264 e. The molecule has 4 aromatic rings. The third kappa shape index (κ3) is 4.40. The van der Waals surface area contributed by atoms with Gasteiger partial charge in [0.25, 0.3) is 10.0 Å². The maximum absolute atomic E-state index is 12.9. The van der Waals surface area contributed by atoms with Crippen LogP contribution in [-0.2, 0) is 16.4 Å².